The molecule has 0 fully saturated rings. The van der Waals surface area contributed by atoms with Crippen LogP contribution >= 0.6 is 0 Å². The number of aromatic nitrogens is 3. The van der Waals surface area contributed by atoms with Crippen LogP contribution in [0, 0.1) is 0 Å². The molecule has 0 saturated heterocycles. The lowest BCUT2D eigenvalue weighted by molar-refractivity contribution is 0.576. The Bertz CT molecular complexity index is 1000. The normalized spacial score (nSPS) is 12.4. The zero-order valence-electron chi connectivity index (χ0n) is 15.1. The first-order valence-electron chi connectivity index (χ1n) is 8.86. The average molecular weight is 342 g/mol. The molecule has 1 unspecified atom stereocenters. The molecule has 0 radical (unpaired) electrons. The highest BCUT2D eigenvalue weighted by atomic mass is 15.2. The molecule has 0 amide bonds. The largest absolute Gasteiger partial charge is 0.306 e. The maximum Gasteiger partial charge on any atom is 0.0682 e. The fourth-order valence-electron chi connectivity index (χ4n) is 3.28. The summed E-state index contributed by atoms with van der Waals surface area (Å²) in [5.74, 6) is 0. The predicted octanol–water partition coefficient (Wildman–Crippen LogP) is 4.49. The zero-order valence-corrected chi connectivity index (χ0v) is 15.1. The Morgan fingerprint density at radius 2 is 1.69 bits per heavy atom. The van der Waals surface area contributed by atoms with Gasteiger partial charge >= 0.3 is 0 Å². The van der Waals surface area contributed by atoms with E-state index in [0.29, 0.717) is 0 Å². The Morgan fingerprint density at radius 3 is 2.46 bits per heavy atom. The van der Waals surface area contributed by atoms with Gasteiger partial charge in [0.1, 0.15) is 0 Å². The molecule has 4 heteroatoms. The third kappa shape index (κ3) is 3.24. The molecule has 4 nitrogen and oxygen atoms in total. The third-order valence-corrected chi connectivity index (χ3v) is 4.91. The van der Waals surface area contributed by atoms with Crippen LogP contribution in [0.4, 0.5) is 0 Å². The molecule has 0 saturated carbocycles. The first-order valence-corrected chi connectivity index (χ1v) is 8.86. The van der Waals surface area contributed by atoms with E-state index in [0.717, 1.165) is 6.54 Å². The van der Waals surface area contributed by atoms with E-state index < -0.39 is 0 Å². The number of hydrogen-bond donors (Lipinski definition) is 1. The van der Waals surface area contributed by atoms with Gasteiger partial charge in [-0.2, -0.15) is 5.10 Å². The molecule has 0 aliphatic heterocycles. The third-order valence-electron chi connectivity index (χ3n) is 4.91. The van der Waals surface area contributed by atoms with Crippen LogP contribution in [0.5, 0.6) is 0 Å². The Hall–Kier alpha value is -2.98. The van der Waals surface area contributed by atoms with Crippen molar-refractivity contribution in [3.8, 4) is 11.1 Å². The van der Waals surface area contributed by atoms with Crippen LogP contribution in [0.25, 0.3) is 22.0 Å². The maximum atomic E-state index is 4.36. The van der Waals surface area contributed by atoms with E-state index in [2.05, 4.69) is 64.8 Å². The van der Waals surface area contributed by atoms with Gasteiger partial charge in [0.15, 0.2) is 0 Å². The average Bonchev–Trinajstić information content (AvgIpc) is 3.08. The van der Waals surface area contributed by atoms with Gasteiger partial charge in [0.25, 0.3) is 0 Å². The summed E-state index contributed by atoms with van der Waals surface area (Å²) in [5, 5.41) is 9.20. The fraction of sp³-hybridized carbons (Fsp3) is 0.182. The van der Waals surface area contributed by atoms with Crippen molar-refractivity contribution in [2.75, 3.05) is 0 Å². The maximum absolute atomic E-state index is 4.36. The molecule has 0 bridgehead atoms. The van der Waals surface area contributed by atoms with Crippen molar-refractivity contribution in [3.05, 3.63) is 84.3 Å². The van der Waals surface area contributed by atoms with Gasteiger partial charge in [-0.1, -0.05) is 36.4 Å². The van der Waals surface area contributed by atoms with Crippen LogP contribution < -0.4 is 5.32 Å². The van der Waals surface area contributed by atoms with Crippen LogP contribution in [0.1, 0.15) is 24.1 Å². The molecule has 4 rings (SSSR count). The van der Waals surface area contributed by atoms with Gasteiger partial charge < -0.3 is 5.32 Å². The van der Waals surface area contributed by atoms with Crippen LogP contribution in [0.2, 0.25) is 0 Å². The molecule has 2 aromatic carbocycles. The zero-order chi connectivity index (χ0) is 17.9. The van der Waals surface area contributed by atoms with Crippen molar-refractivity contribution in [1.29, 1.82) is 0 Å². The fourth-order valence-corrected chi connectivity index (χ4v) is 3.28. The lowest BCUT2D eigenvalue weighted by Gasteiger charge is -2.15. The first-order chi connectivity index (χ1) is 12.7. The SMILES string of the molecule is CC(NCc1cccc2c1cnn2C)c1ccc(-c2ccncc2)cc1. The monoisotopic (exact) mass is 342 g/mol. The summed E-state index contributed by atoms with van der Waals surface area (Å²) >= 11 is 0. The van der Waals surface area contributed by atoms with Crippen molar-refractivity contribution in [1.82, 2.24) is 20.1 Å². The minimum atomic E-state index is 0.272. The number of hydrogen-bond acceptors (Lipinski definition) is 3. The van der Waals surface area contributed by atoms with Gasteiger partial charge in [0.2, 0.25) is 0 Å². The van der Waals surface area contributed by atoms with E-state index in [1.807, 2.05) is 42.5 Å². The van der Waals surface area contributed by atoms with E-state index >= 15 is 0 Å². The van der Waals surface area contributed by atoms with E-state index in [4.69, 9.17) is 0 Å². The molecule has 26 heavy (non-hydrogen) atoms. The van der Waals surface area contributed by atoms with Crippen molar-refractivity contribution in [3.63, 3.8) is 0 Å². The van der Waals surface area contributed by atoms with E-state index in [1.165, 1.54) is 33.2 Å². The standard InChI is InChI=1S/C22H22N4/c1-16(17-6-8-18(9-7-17)19-10-12-23-13-11-19)24-14-20-4-3-5-22-21(20)15-25-26(22)2/h3-13,15-16,24H,14H2,1-2H3. The molecular formula is C22H22N4. The van der Waals surface area contributed by atoms with Crippen LogP contribution in [0.3, 0.4) is 0 Å². The summed E-state index contributed by atoms with van der Waals surface area (Å²) in [4.78, 5) is 4.08. The molecular weight excluding hydrogens is 320 g/mol. The van der Waals surface area contributed by atoms with Crippen molar-refractivity contribution in [2.45, 2.75) is 19.5 Å². The minimum absolute atomic E-state index is 0.272. The Kier molecular flexibility index (Phi) is 4.50. The van der Waals surface area contributed by atoms with Crippen molar-refractivity contribution in [2.24, 2.45) is 7.05 Å². The number of pyridine rings is 1. The molecule has 0 aliphatic rings. The van der Waals surface area contributed by atoms with Crippen LogP contribution in [0.15, 0.2) is 73.2 Å². The Balaban J connectivity index is 1.47. The quantitative estimate of drug-likeness (QED) is 0.581. The molecule has 130 valence electrons. The summed E-state index contributed by atoms with van der Waals surface area (Å²) in [7, 11) is 1.98. The van der Waals surface area contributed by atoms with Gasteiger partial charge in [-0.15, -0.1) is 0 Å². The second kappa shape index (κ2) is 7.10. The van der Waals surface area contributed by atoms with Crippen molar-refractivity contribution >= 4 is 10.9 Å². The molecule has 0 spiro atoms. The number of nitrogens with one attached hydrogen (secondary N) is 1. The number of rotatable bonds is 5. The second-order valence-electron chi connectivity index (χ2n) is 6.58. The molecule has 1 atom stereocenters. The molecule has 2 aromatic heterocycles. The van der Waals surface area contributed by atoms with Crippen LogP contribution in [-0.2, 0) is 13.6 Å². The van der Waals surface area contributed by atoms with Gasteiger partial charge in [-0.3, -0.25) is 9.67 Å². The van der Waals surface area contributed by atoms with Gasteiger partial charge in [-0.05, 0) is 47.4 Å². The second-order valence-corrected chi connectivity index (χ2v) is 6.58. The predicted molar refractivity (Wildman–Crippen MR) is 106 cm³/mol. The lowest BCUT2D eigenvalue weighted by Crippen LogP contribution is -2.18. The van der Waals surface area contributed by atoms with E-state index in [9.17, 15) is 0 Å². The number of aryl methyl sites for hydroxylation is 1. The lowest BCUT2D eigenvalue weighted by atomic mass is 10.0. The molecule has 0 aliphatic carbocycles. The molecule has 4 aromatic rings. The minimum Gasteiger partial charge on any atom is -0.306 e. The van der Waals surface area contributed by atoms with Gasteiger partial charge in [-0.25, -0.2) is 0 Å². The summed E-state index contributed by atoms with van der Waals surface area (Å²) < 4.78 is 1.92. The highest BCUT2D eigenvalue weighted by Gasteiger charge is 2.08. The highest BCUT2D eigenvalue weighted by molar-refractivity contribution is 5.82. The Morgan fingerprint density at radius 1 is 0.962 bits per heavy atom. The summed E-state index contributed by atoms with van der Waals surface area (Å²) in [6, 6.07) is 19.4. The van der Waals surface area contributed by atoms with E-state index in [1.54, 1.807) is 0 Å². The number of fused-ring (bicyclic) bond motifs is 1. The summed E-state index contributed by atoms with van der Waals surface area (Å²) in [6.07, 6.45) is 5.60. The summed E-state index contributed by atoms with van der Waals surface area (Å²) in [6.45, 7) is 3.02. The molecule has 2 heterocycles. The Labute approximate surface area is 153 Å². The topological polar surface area (TPSA) is 42.7 Å². The smallest absolute Gasteiger partial charge is 0.0682 e. The first kappa shape index (κ1) is 16.5. The number of benzene rings is 2. The van der Waals surface area contributed by atoms with Gasteiger partial charge in [0.05, 0.1) is 11.7 Å². The van der Waals surface area contributed by atoms with E-state index in [-0.39, 0.29) is 6.04 Å². The number of nitrogens with zero attached hydrogens (tertiary/aromatic N) is 3. The highest BCUT2D eigenvalue weighted by Crippen LogP contribution is 2.22. The van der Waals surface area contributed by atoms with Gasteiger partial charge in [0, 0.05) is 37.4 Å². The van der Waals surface area contributed by atoms with Crippen molar-refractivity contribution < 1.29 is 0 Å². The molecule has 1 N–H and O–H groups in total. The van der Waals surface area contributed by atoms with Crippen LogP contribution in [-0.4, -0.2) is 14.8 Å². The summed E-state index contributed by atoms with van der Waals surface area (Å²) in [5.41, 5.74) is 6.12.